The van der Waals surface area contributed by atoms with Gasteiger partial charge in [-0.2, -0.15) is 4.73 Å². The van der Waals surface area contributed by atoms with E-state index in [-0.39, 0.29) is 73.5 Å². The van der Waals surface area contributed by atoms with Gasteiger partial charge in [0.1, 0.15) is 5.84 Å². The number of carbonyl (C=O) groups is 1. The molecule has 1 aromatic heterocycles. The van der Waals surface area contributed by atoms with E-state index in [1.807, 2.05) is 0 Å². The average Bonchev–Trinajstić information content (AvgIpc) is 2.97. The minimum absolute atomic E-state index is 0.0185. The van der Waals surface area contributed by atoms with Crippen molar-refractivity contribution in [2.45, 2.75) is 43.2 Å². The summed E-state index contributed by atoms with van der Waals surface area (Å²) in [5.74, 6) is -0.504. The molecule has 45 heavy (non-hydrogen) atoms. The van der Waals surface area contributed by atoms with E-state index < -0.39 is 15.9 Å². The summed E-state index contributed by atoms with van der Waals surface area (Å²) in [5.41, 5.74) is 14.1. The van der Waals surface area contributed by atoms with Crippen LogP contribution < -0.4 is 27.0 Å². The Bertz CT molecular complexity index is 1960. The van der Waals surface area contributed by atoms with Crippen molar-refractivity contribution < 1.29 is 18.4 Å². The van der Waals surface area contributed by atoms with Crippen molar-refractivity contribution >= 4 is 56.3 Å². The molecule has 0 radical (unpaired) electrons. The Morgan fingerprint density at radius 2 is 1.76 bits per heavy atom. The fourth-order valence-corrected chi connectivity index (χ4v) is 6.49. The molecule has 0 spiro atoms. The third kappa shape index (κ3) is 7.42. The fraction of sp³-hybridized carbons (Fsp3) is 0.194. The molecule has 3 aromatic carbocycles. The Balaban J connectivity index is 1.52. The van der Waals surface area contributed by atoms with Crippen LogP contribution in [0.5, 0.6) is 0 Å². The Hall–Kier alpha value is -4.52. The number of amides is 1. The van der Waals surface area contributed by atoms with Crippen LogP contribution in [0.2, 0.25) is 10.0 Å². The van der Waals surface area contributed by atoms with Crippen LogP contribution in [-0.2, 0) is 27.8 Å². The highest BCUT2D eigenvalue weighted by molar-refractivity contribution is 7.92. The van der Waals surface area contributed by atoms with Crippen molar-refractivity contribution in [2.75, 3.05) is 10.5 Å². The predicted octanol–water partition coefficient (Wildman–Crippen LogP) is 4.68. The number of hydrogen-bond donors (Lipinski definition) is 6. The number of nitrogens with zero attached hydrogens (tertiary/aromatic N) is 2. The van der Waals surface area contributed by atoms with Gasteiger partial charge in [-0.05, 0) is 60.7 Å². The van der Waals surface area contributed by atoms with E-state index in [0.29, 0.717) is 5.56 Å². The van der Waals surface area contributed by atoms with Gasteiger partial charge in [-0.3, -0.25) is 19.9 Å². The monoisotopic (exact) mass is 667 g/mol. The number of benzene rings is 3. The Morgan fingerprint density at radius 1 is 1.04 bits per heavy atom. The second-order valence-corrected chi connectivity index (χ2v) is 13.1. The largest absolute Gasteiger partial charge is 0.427 e. The van der Waals surface area contributed by atoms with E-state index in [1.165, 1.54) is 30.3 Å². The summed E-state index contributed by atoms with van der Waals surface area (Å²) in [6.45, 7) is 0.173. The number of para-hydroxylation sites is 1. The first kappa shape index (κ1) is 31.9. The molecule has 1 saturated carbocycles. The Kier molecular flexibility index (Phi) is 9.37. The first-order valence-corrected chi connectivity index (χ1v) is 16.2. The molecule has 14 heteroatoms. The molecule has 0 unspecified atom stereocenters. The maximum atomic E-state index is 13.4. The molecule has 1 fully saturated rings. The third-order valence-electron chi connectivity index (χ3n) is 7.37. The van der Waals surface area contributed by atoms with Crippen LogP contribution in [0, 0.1) is 5.41 Å². The summed E-state index contributed by atoms with van der Waals surface area (Å²) in [6, 6.07) is 18.9. The van der Waals surface area contributed by atoms with Gasteiger partial charge in [-0.15, -0.1) is 0 Å². The van der Waals surface area contributed by atoms with Crippen molar-refractivity contribution in [3.8, 4) is 11.1 Å². The highest BCUT2D eigenvalue weighted by atomic mass is 35.5. The number of sulfonamides is 1. The average molecular weight is 669 g/mol. The number of anilines is 2. The number of amidine groups is 1. The van der Waals surface area contributed by atoms with Crippen LogP contribution in [-0.4, -0.2) is 36.1 Å². The molecule has 1 aliphatic rings. The lowest BCUT2D eigenvalue weighted by Crippen LogP contribution is -2.31. The number of halogens is 2. The summed E-state index contributed by atoms with van der Waals surface area (Å²) >= 11 is 13.0. The molecule has 0 aliphatic heterocycles. The van der Waals surface area contributed by atoms with E-state index in [0.717, 1.165) is 29.6 Å². The summed E-state index contributed by atoms with van der Waals surface area (Å²) in [5, 5.41) is 22.1. The molecule has 0 bridgehead atoms. The van der Waals surface area contributed by atoms with Crippen LogP contribution in [0.25, 0.3) is 11.1 Å². The number of pyridine rings is 1. The second-order valence-electron chi connectivity index (χ2n) is 10.6. The zero-order valence-corrected chi connectivity index (χ0v) is 26.3. The minimum atomic E-state index is -4.16. The maximum absolute atomic E-state index is 13.4. The molecule has 0 atom stereocenters. The smallest absolute Gasteiger partial charge is 0.262 e. The summed E-state index contributed by atoms with van der Waals surface area (Å²) in [7, 11) is -4.16. The molecule has 1 heterocycles. The molecule has 234 valence electrons. The van der Waals surface area contributed by atoms with Crippen molar-refractivity contribution in [2.24, 2.45) is 10.7 Å². The fourth-order valence-electron chi connectivity index (χ4n) is 4.78. The maximum Gasteiger partial charge on any atom is 0.262 e. The minimum Gasteiger partial charge on any atom is -0.427 e. The summed E-state index contributed by atoms with van der Waals surface area (Å²) < 4.78 is 30.1. The SMILES string of the molecule is N=C(N)c1ccc(CNC(=O)Cc2c(-c3cc(N)cc(S(=O)(=O)Nc4ccccc4Cl)c3)c(Cl)cc(=NC3CCC3)n2O)cc1. The molecule has 1 amide bonds. The number of nitrogens with one attached hydrogen (secondary N) is 3. The topological polar surface area (TPSA) is 189 Å². The third-order valence-corrected chi connectivity index (χ3v) is 9.35. The van der Waals surface area contributed by atoms with Crippen LogP contribution in [0.1, 0.15) is 36.1 Å². The highest BCUT2D eigenvalue weighted by Gasteiger charge is 2.24. The van der Waals surface area contributed by atoms with Crippen LogP contribution in [0.15, 0.2) is 82.7 Å². The van der Waals surface area contributed by atoms with E-state index in [9.17, 15) is 18.4 Å². The summed E-state index contributed by atoms with van der Waals surface area (Å²) in [6.07, 6.45) is 2.44. The number of carbonyl (C=O) groups excluding carboxylic acids is 1. The van der Waals surface area contributed by atoms with Gasteiger partial charge in [0.2, 0.25) is 5.91 Å². The van der Waals surface area contributed by atoms with E-state index in [2.05, 4.69) is 15.0 Å². The molecule has 4 aromatic rings. The number of nitrogen functional groups attached to an aromatic ring is 2. The van der Waals surface area contributed by atoms with Gasteiger partial charge in [0.15, 0.2) is 5.49 Å². The van der Waals surface area contributed by atoms with Gasteiger partial charge in [0, 0.05) is 29.4 Å². The highest BCUT2D eigenvalue weighted by Crippen LogP contribution is 2.35. The molecule has 0 saturated heterocycles. The summed E-state index contributed by atoms with van der Waals surface area (Å²) in [4.78, 5) is 17.7. The van der Waals surface area contributed by atoms with Gasteiger partial charge in [-0.1, -0.05) is 59.6 Å². The Morgan fingerprint density at radius 3 is 2.40 bits per heavy atom. The second kappa shape index (κ2) is 13.2. The van der Waals surface area contributed by atoms with Crippen molar-refractivity contribution in [3.05, 3.63) is 105 Å². The van der Waals surface area contributed by atoms with Gasteiger partial charge < -0.3 is 22.0 Å². The number of rotatable bonds is 10. The first-order chi connectivity index (χ1) is 21.4. The van der Waals surface area contributed by atoms with E-state index >= 15 is 0 Å². The van der Waals surface area contributed by atoms with Gasteiger partial charge >= 0.3 is 0 Å². The molecule has 1 aliphatic carbocycles. The van der Waals surface area contributed by atoms with E-state index in [1.54, 1.807) is 42.5 Å². The quantitative estimate of drug-likeness (QED) is 0.0616. The lowest BCUT2D eigenvalue weighted by molar-refractivity contribution is -0.120. The van der Waals surface area contributed by atoms with Gasteiger partial charge in [0.25, 0.3) is 10.0 Å². The van der Waals surface area contributed by atoms with Crippen molar-refractivity contribution in [3.63, 3.8) is 0 Å². The standard InChI is InChI=1S/C31H31Cl2N7O4S/c32-24-6-1-2-7-26(24)39-45(43,44)23-13-20(12-21(34)14-23)30-25(33)15-28(38-22-4-3-5-22)40(42)27(30)16-29(41)37-17-18-8-10-19(11-9-18)31(35)36/h1-2,6-15,22,39,42H,3-5,16-17,34H2,(H3,35,36)(H,37,41). The number of nitrogens with two attached hydrogens (primary N) is 2. The predicted molar refractivity (Wildman–Crippen MR) is 175 cm³/mol. The van der Waals surface area contributed by atoms with E-state index in [4.69, 9.17) is 40.1 Å². The van der Waals surface area contributed by atoms with Crippen LogP contribution in [0.4, 0.5) is 11.4 Å². The normalized spacial score (nSPS) is 13.7. The van der Waals surface area contributed by atoms with Crippen molar-refractivity contribution in [1.82, 2.24) is 10.0 Å². The Labute approximate surface area is 270 Å². The van der Waals surface area contributed by atoms with Gasteiger partial charge in [-0.25, -0.2) is 8.42 Å². The zero-order chi connectivity index (χ0) is 32.3. The lowest BCUT2D eigenvalue weighted by atomic mass is 9.94. The molecular formula is C31H31Cl2N7O4S. The zero-order valence-electron chi connectivity index (χ0n) is 23.9. The van der Waals surface area contributed by atoms with Gasteiger partial charge in [0.05, 0.1) is 38.8 Å². The van der Waals surface area contributed by atoms with Crippen LogP contribution in [0.3, 0.4) is 0 Å². The van der Waals surface area contributed by atoms with Crippen LogP contribution >= 0.6 is 23.2 Å². The number of hydrogen-bond acceptors (Lipinski definition) is 7. The molecular weight excluding hydrogens is 637 g/mol. The first-order valence-electron chi connectivity index (χ1n) is 14.0. The molecule has 11 nitrogen and oxygen atoms in total. The number of aromatic nitrogens is 1. The van der Waals surface area contributed by atoms with Crippen molar-refractivity contribution in [1.29, 1.82) is 5.41 Å². The molecule has 8 N–H and O–H groups in total. The molecule has 5 rings (SSSR count). The lowest BCUT2D eigenvalue weighted by Gasteiger charge is -2.22.